The molecule has 1 aliphatic carbocycles. The monoisotopic (exact) mass is 487 g/mol. The minimum atomic E-state index is -0.809. The van der Waals surface area contributed by atoms with Crippen LogP contribution in [0, 0.1) is 17.8 Å². The molecule has 0 radical (unpaired) electrons. The summed E-state index contributed by atoms with van der Waals surface area (Å²) in [5, 5.41) is 3.22. The molecule has 1 N–H and O–H groups in total. The Balaban J connectivity index is 1.40. The average molecular weight is 488 g/mol. The highest BCUT2D eigenvalue weighted by Gasteiger charge is 2.67. The van der Waals surface area contributed by atoms with Crippen LogP contribution in [-0.2, 0) is 27.3 Å². The third kappa shape index (κ3) is 4.83. The zero-order chi connectivity index (χ0) is 25.3. The van der Waals surface area contributed by atoms with Crippen molar-refractivity contribution in [1.29, 1.82) is 0 Å². The predicted molar refractivity (Wildman–Crippen MR) is 141 cm³/mol. The Morgan fingerprint density at radius 1 is 1.06 bits per heavy atom. The van der Waals surface area contributed by atoms with Crippen LogP contribution < -0.4 is 5.32 Å². The maximum Gasteiger partial charge on any atom is 0.307 e. The first-order chi connectivity index (χ1) is 17.3. The lowest BCUT2D eigenvalue weighted by molar-refractivity contribution is -0.155. The summed E-state index contributed by atoms with van der Waals surface area (Å²) in [6.07, 6.45) is 4.22. The van der Waals surface area contributed by atoms with Crippen LogP contribution in [-0.4, -0.2) is 53.3 Å². The number of amides is 1. The first-order valence-corrected chi connectivity index (χ1v) is 13.1. The fraction of sp³-hybridized carbons (Fsp3) is 0.500. The fourth-order valence-electron chi connectivity index (χ4n) is 6.52. The summed E-state index contributed by atoms with van der Waals surface area (Å²) in [6.45, 7) is 7.53. The van der Waals surface area contributed by atoms with E-state index < -0.39 is 11.1 Å². The van der Waals surface area contributed by atoms with E-state index in [1.165, 1.54) is 5.56 Å². The Morgan fingerprint density at radius 3 is 2.39 bits per heavy atom. The molecule has 1 unspecified atom stereocenters. The molecule has 36 heavy (non-hydrogen) atoms. The van der Waals surface area contributed by atoms with Gasteiger partial charge >= 0.3 is 5.97 Å². The zero-order valence-electron chi connectivity index (χ0n) is 21.5. The molecule has 2 aromatic rings. The van der Waals surface area contributed by atoms with E-state index in [-0.39, 0.29) is 29.8 Å². The van der Waals surface area contributed by atoms with Gasteiger partial charge in [0, 0.05) is 37.8 Å². The first kappa shape index (κ1) is 24.7. The molecule has 5 atom stereocenters. The highest BCUT2D eigenvalue weighted by atomic mass is 16.6. The highest BCUT2D eigenvalue weighted by Crippen LogP contribution is 2.54. The number of benzene rings is 2. The van der Waals surface area contributed by atoms with Crippen molar-refractivity contribution in [2.24, 2.45) is 22.7 Å². The largest absolute Gasteiger partial charge is 0.460 e. The Bertz CT molecular complexity index is 1110. The van der Waals surface area contributed by atoms with E-state index in [9.17, 15) is 9.59 Å². The van der Waals surface area contributed by atoms with Gasteiger partial charge in [-0.15, -0.1) is 0 Å². The van der Waals surface area contributed by atoms with E-state index in [4.69, 9.17) is 9.73 Å². The van der Waals surface area contributed by atoms with E-state index in [0.717, 1.165) is 24.9 Å². The van der Waals surface area contributed by atoms with E-state index >= 15 is 0 Å². The molecule has 4 bridgehead atoms. The first-order valence-electron chi connectivity index (χ1n) is 13.1. The predicted octanol–water partition coefficient (Wildman–Crippen LogP) is 4.04. The zero-order valence-corrected chi connectivity index (χ0v) is 21.5. The molecule has 1 saturated heterocycles. The van der Waals surface area contributed by atoms with Crippen molar-refractivity contribution in [2.45, 2.75) is 63.8 Å². The molecule has 1 amide bonds. The summed E-state index contributed by atoms with van der Waals surface area (Å²) in [4.78, 5) is 33.9. The summed E-state index contributed by atoms with van der Waals surface area (Å²) in [5.41, 5.74) is 1.04. The van der Waals surface area contributed by atoms with Gasteiger partial charge in [-0.1, -0.05) is 60.7 Å². The SMILES string of the molecule is CC(C)(C)OC(=O)CCN1C[C@@H]2C[C@H]3C=N[C@]2(C(=O)NCc2ccccc2)C1[C@@H]3Cc1ccccc1. The molecule has 2 fully saturated rings. The quantitative estimate of drug-likeness (QED) is 0.571. The number of carbonyl (C=O) groups excluding carboxylic acids is 2. The van der Waals surface area contributed by atoms with Crippen molar-refractivity contribution in [2.75, 3.05) is 13.1 Å². The Hall–Kier alpha value is -2.99. The van der Waals surface area contributed by atoms with E-state index in [1.807, 2.05) is 57.2 Å². The smallest absolute Gasteiger partial charge is 0.307 e. The fourth-order valence-corrected chi connectivity index (χ4v) is 6.52. The number of nitrogens with one attached hydrogen (secondary N) is 1. The van der Waals surface area contributed by atoms with Gasteiger partial charge in [-0.05, 0) is 56.6 Å². The van der Waals surface area contributed by atoms with E-state index in [1.54, 1.807) is 0 Å². The summed E-state index contributed by atoms with van der Waals surface area (Å²) in [6, 6.07) is 20.5. The highest BCUT2D eigenvalue weighted by molar-refractivity contribution is 5.92. The van der Waals surface area contributed by atoms with Gasteiger partial charge in [0.25, 0.3) is 0 Å². The summed E-state index contributed by atoms with van der Waals surface area (Å²) < 4.78 is 5.58. The molecule has 0 spiro atoms. The Kier molecular flexibility index (Phi) is 6.73. The van der Waals surface area contributed by atoms with Gasteiger partial charge in [0.2, 0.25) is 5.91 Å². The molecule has 1 saturated carbocycles. The topological polar surface area (TPSA) is 71.0 Å². The molecule has 0 aromatic heterocycles. The minimum absolute atomic E-state index is 0.00795. The van der Waals surface area contributed by atoms with Crippen molar-refractivity contribution in [3.8, 4) is 0 Å². The van der Waals surface area contributed by atoms with Crippen LogP contribution >= 0.6 is 0 Å². The van der Waals surface area contributed by atoms with Crippen molar-refractivity contribution >= 4 is 18.1 Å². The molecule has 6 rings (SSSR count). The minimum Gasteiger partial charge on any atom is -0.460 e. The van der Waals surface area contributed by atoms with Gasteiger partial charge in [-0.3, -0.25) is 19.5 Å². The standard InChI is InChI=1S/C30H37N3O3/c1-29(2,3)36-26(34)14-15-33-20-24-17-23-19-32-30(24,28(35)31-18-22-12-8-5-9-13-22)27(33)25(23)16-21-10-6-4-7-11-21/h4-13,19,23-25,27H,14-18,20H2,1-3H3,(H,31,35)/t23-,24-,25+,27?,30-/m0/s1. The van der Waals surface area contributed by atoms with Crippen molar-refractivity contribution in [3.63, 3.8) is 0 Å². The lowest BCUT2D eigenvalue weighted by Gasteiger charge is -2.51. The van der Waals surface area contributed by atoms with Crippen molar-refractivity contribution in [3.05, 3.63) is 71.8 Å². The van der Waals surface area contributed by atoms with Gasteiger partial charge in [0.1, 0.15) is 5.60 Å². The van der Waals surface area contributed by atoms with Crippen LogP contribution in [0.15, 0.2) is 65.7 Å². The number of carbonyl (C=O) groups is 2. The second kappa shape index (κ2) is 9.81. The molecule has 6 heteroatoms. The van der Waals surface area contributed by atoms with Gasteiger partial charge < -0.3 is 10.1 Å². The number of likely N-dealkylation sites (tertiary alicyclic amines) is 1. The van der Waals surface area contributed by atoms with Crippen molar-refractivity contribution in [1.82, 2.24) is 10.2 Å². The molecule has 3 aliphatic heterocycles. The van der Waals surface area contributed by atoms with E-state index in [0.29, 0.717) is 25.4 Å². The lowest BCUT2D eigenvalue weighted by Crippen LogP contribution is -2.66. The maximum absolute atomic E-state index is 13.9. The molecular formula is C30H37N3O3. The second-order valence-electron chi connectivity index (χ2n) is 11.5. The number of nitrogens with zero attached hydrogens (tertiary/aromatic N) is 2. The number of esters is 1. The molecule has 4 aliphatic rings. The third-order valence-corrected chi connectivity index (χ3v) is 7.91. The third-order valence-electron chi connectivity index (χ3n) is 7.91. The number of ether oxygens (including phenoxy) is 1. The Labute approximate surface area is 214 Å². The van der Waals surface area contributed by atoms with Crippen LogP contribution in [0.25, 0.3) is 0 Å². The Morgan fingerprint density at radius 2 is 1.72 bits per heavy atom. The van der Waals surface area contributed by atoms with Gasteiger partial charge in [0.15, 0.2) is 5.54 Å². The summed E-state index contributed by atoms with van der Waals surface area (Å²) in [5.74, 6) is 0.576. The number of hydrogen-bond donors (Lipinski definition) is 1. The molecule has 3 heterocycles. The normalized spacial score (nSPS) is 28.8. The van der Waals surface area contributed by atoms with Crippen molar-refractivity contribution < 1.29 is 14.3 Å². The number of hydrogen-bond acceptors (Lipinski definition) is 5. The van der Waals surface area contributed by atoms with Crippen LogP contribution in [0.3, 0.4) is 0 Å². The average Bonchev–Trinajstić information content (AvgIpc) is 3.12. The van der Waals surface area contributed by atoms with Crippen LogP contribution in [0.1, 0.15) is 44.7 Å². The van der Waals surface area contributed by atoms with Crippen LogP contribution in [0.5, 0.6) is 0 Å². The molecular weight excluding hydrogens is 450 g/mol. The number of aliphatic imine (C=N–C) groups is 1. The summed E-state index contributed by atoms with van der Waals surface area (Å²) in [7, 11) is 0. The van der Waals surface area contributed by atoms with Crippen LogP contribution in [0.2, 0.25) is 0 Å². The maximum atomic E-state index is 13.9. The number of rotatable bonds is 8. The van der Waals surface area contributed by atoms with E-state index in [2.05, 4.69) is 40.7 Å². The van der Waals surface area contributed by atoms with Gasteiger partial charge in [0.05, 0.1) is 6.42 Å². The van der Waals surface area contributed by atoms with Crippen LogP contribution in [0.4, 0.5) is 0 Å². The molecule has 6 nitrogen and oxygen atoms in total. The molecule has 2 aromatic carbocycles. The lowest BCUT2D eigenvalue weighted by atomic mass is 9.59. The summed E-state index contributed by atoms with van der Waals surface area (Å²) >= 11 is 0. The molecule has 190 valence electrons. The van der Waals surface area contributed by atoms with Gasteiger partial charge in [-0.25, -0.2) is 0 Å². The van der Waals surface area contributed by atoms with Gasteiger partial charge in [-0.2, -0.15) is 0 Å². The second-order valence-corrected chi connectivity index (χ2v) is 11.5.